The van der Waals surface area contributed by atoms with Crippen LogP contribution in [-0.2, 0) is 10.8 Å². The van der Waals surface area contributed by atoms with Gasteiger partial charge in [-0.3, -0.25) is 4.21 Å². The molecule has 2 atom stereocenters. The molecule has 1 aromatic carbocycles. The van der Waals surface area contributed by atoms with E-state index in [1.807, 2.05) is 24.3 Å². The molecule has 0 aliphatic carbocycles. The number of fused-ring (bicyclic) bond motifs is 1. The molecule has 1 aliphatic rings. The van der Waals surface area contributed by atoms with Crippen LogP contribution in [0.15, 0.2) is 29.4 Å². The van der Waals surface area contributed by atoms with E-state index in [2.05, 4.69) is 15.3 Å². The zero-order valence-electron chi connectivity index (χ0n) is 9.48. The van der Waals surface area contributed by atoms with E-state index in [1.165, 1.54) is 6.42 Å². The zero-order valence-corrected chi connectivity index (χ0v) is 10.3. The van der Waals surface area contributed by atoms with Gasteiger partial charge in [-0.2, -0.15) is 0 Å². The molecule has 90 valence electrons. The summed E-state index contributed by atoms with van der Waals surface area (Å²) in [5.74, 6) is 0.653. The molecule has 0 bridgehead atoms. The summed E-state index contributed by atoms with van der Waals surface area (Å²) >= 11 is 0. The van der Waals surface area contributed by atoms with E-state index < -0.39 is 10.8 Å². The highest BCUT2D eigenvalue weighted by atomic mass is 32.2. The maximum atomic E-state index is 12.1. The first-order valence-corrected chi connectivity index (χ1v) is 7.21. The molecule has 2 heterocycles. The van der Waals surface area contributed by atoms with Crippen LogP contribution in [-0.4, -0.2) is 32.5 Å². The number of benzene rings is 1. The van der Waals surface area contributed by atoms with E-state index in [0.717, 1.165) is 24.0 Å². The Labute approximate surface area is 102 Å². The average molecular weight is 249 g/mol. The van der Waals surface area contributed by atoms with Crippen molar-refractivity contribution in [3.8, 4) is 0 Å². The first kappa shape index (κ1) is 10.9. The van der Waals surface area contributed by atoms with Crippen LogP contribution in [0.3, 0.4) is 0 Å². The number of para-hydroxylation sites is 2. The van der Waals surface area contributed by atoms with Crippen molar-refractivity contribution >= 4 is 21.8 Å². The minimum Gasteiger partial charge on any atom is -0.331 e. The van der Waals surface area contributed by atoms with Gasteiger partial charge in [-0.25, -0.2) is 4.98 Å². The zero-order chi connectivity index (χ0) is 11.7. The van der Waals surface area contributed by atoms with Gasteiger partial charge in [-0.15, -0.1) is 0 Å². The summed E-state index contributed by atoms with van der Waals surface area (Å²) in [6, 6.07) is 8.15. The monoisotopic (exact) mass is 249 g/mol. The van der Waals surface area contributed by atoms with Gasteiger partial charge in [0.2, 0.25) is 0 Å². The third-order valence-corrected chi connectivity index (χ3v) is 4.43. The molecule has 1 fully saturated rings. The van der Waals surface area contributed by atoms with Gasteiger partial charge in [0.15, 0.2) is 5.16 Å². The predicted octanol–water partition coefficient (Wildman–Crippen LogP) is 1.42. The maximum absolute atomic E-state index is 12.1. The Morgan fingerprint density at radius 3 is 3.06 bits per heavy atom. The van der Waals surface area contributed by atoms with Crippen LogP contribution in [0.25, 0.3) is 11.0 Å². The third kappa shape index (κ3) is 2.25. The highest BCUT2D eigenvalue weighted by Gasteiger charge is 2.19. The molecule has 17 heavy (non-hydrogen) atoms. The van der Waals surface area contributed by atoms with Crippen LogP contribution in [0.1, 0.15) is 12.8 Å². The lowest BCUT2D eigenvalue weighted by atomic mass is 10.3. The minimum atomic E-state index is -1.04. The fourth-order valence-electron chi connectivity index (χ4n) is 2.20. The van der Waals surface area contributed by atoms with Crippen LogP contribution in [0.4, 0.5) is 0 Å². The van der Waals surface area contributed by atoms with Crippen molar-refractivity contribution in [3.63, 3.8) is 0 Å². The Kier molecular flexibility index (Phi) is 2.94. The molecule has 0 radical (unpaired) electrons. The van der Waals surface area contributed by atoms with Crippen LogP contribution < -0.4 is 5.32 Å². The summed E-state index contributed by atoms with van der Waals surface area (Å²) in [5, 5.41) is 3.95. The predicted molar refractivity (Wildman–Crippen MR) is 68.4 cm³/mol. The van der Waals surface area contributed by atoms with Gasteiger partial charge in [-0.05, 0) is 31.5 Å². The first-order valence-electron chi connectivity index (χ1n) is 5.89. The quantitative estimate of drug-likeness (QED) is 0.865. The molecule has 2 aromatic rings. The van der Waals surface area contributed by atoms with Gasteiger partial charge in [0.25, 0.3) is 0 Å². The second kappa shape index (κ2) is 4.58. The van der Waals surface area contributed by atoms with Gasteiger partial charge in [0.1, 0.15) is 0 Å². The van der Waals surface area contributed by atoms with Crippen molar-refractivity contribution in [2.45, 2.75) is 24.0 Å². The number of imidazole rings is 1. The maximum Gasteiger partial charge on any atom is 0.197 e. The minimum absolute atomic E-state index is 0.379. The number of hydrogen-bond acceptors (Lipinski definition) is 3. The summed E-state index contributed by atoms with van der Waals surface area (Å²) in [4.78, 5) is 7.50. The van der Waals surface area contributed by atoms with Gasteiger partial charge in [-0.1, -0.05) is 12.1 Å². The van der Waals surface area contributed by atoms with E-state index in [4.69, 9.17) is 0 Å². The second-order valence-electron chi connectivity index (χ2n) is 4.36. The molecule has 3 rings (SSSR count). The SMILES string of the molecule is O=[S@@](C[C@H]1CCCN1)c1nc2ccccc2[nH]1. The second-order valence-corrected chi connectivity index (χ2v) is 5.78. The molecule has 5 heteroatoms. The lowest BCUT2D eigenvalue weighted by molar-refractivity contribution is 0.639. The molecule has 1 aromatic heterocycles. The Hall–Kier alpha value is -1.20. The van der Waals surface area contributed by atoms with E-state index in [0.29, 0.717) is 17.0 Å². The van der Waals surface area contributed by atoms with Crippen molar-refractivity contribution in [3.05, 3.63) is 24.3 Å². The largest absolute Gasteiger partial charge is 0.331 e. The molecular formula is C12H15N3OS. The van der Waals surface area contributed by atoms with E-state index in [-0.39, 0.29) is 0 Å². The number of hydrogen-bond donors (Lipinski definition) is 2. The molecular weight excluding hydrogens is 234 g/mol. The van der Waals surface area contributed by atoms with Crippen molar-refractivity contribution in [2.24, 2.45) is 0 Å². The van der Waals surface area contributed by atoms with Gasteiger partial charge in [0, 0.05) is 11.8 Å². The van der Waals surface area contributed by atoms with Crippen LogP contribution >= 0.6 is 0 Å². The Bertz CT molecular complexity index is 512. The Morgan fingerprint density at radius 2 is 2.29 bits per heavy atom. The van der Waals surface area contributed by atoms with Crippen LogP contribution in [0, 0.1) is 0 Å². The molecule has 4 nitrogen and oxygen atoms in total. The fourth-order valence-corrected chi connectivity index (χ4v) is 3.43. The summed E-state index contributed by atoms with van der Waals surface area (Å²) in [6.45, 7) is 1.04. The van der Waals surface area contributed by atoms with E-state index >= 15 is 0 Å². The lowest BCUT2D eigenvalue weighted by Gasteiger charge is -2.07. The fraction of sp³-hybridized carbons (Fsp3) is 0.417. The topological polar surface area (TPSA) is 57.8 Å². The Balaban J connectivity index is 1.80. The van der Waals surface area contributed by atoms with Gasteiger partial charge >= 0.3 is 0 Å². The van der Waals surface area contributed by atoms with E-state index in [9.17, 15) is 4.21 Å². The van der Waals surface area contributed by atoms with Crippen LogP contribution in [0.2, 0.25) is 0 Å². The average Bonchev–Trinajstić information content (AvgIpc) is 2.96. The number of nitrogens with one attached hydrogen (secondary N) is 2. The smallest absolute Gasteiger partial charge is 0.197 e. The highest BCUT2D eigenvalue weighted by molar-refractivity contribution is 7.84. The molecule has 0 unspecified atom stereocenters. The summed E-state index contributed by atoms with van der Waals surface area (Å²) in [6.07, 6.45) is 2.30. The van der Waals surface area contributed by atoms with Crippen molar-refractivity contribution in [1.82, 2.24) is 15.3 Å². The van der Waals surface area contributed by atoms with Crippen molar-refractivity contribution in [1.29, 1.82) is 0 Å². The van der Waals surface area contributed by atoms with Crippen LogP contribution in [0.5, 0.6) is 0 Å². The van der Waals surface area contributed by atoms with Gasteiger partial charge < -0.3 is 10.3 Å². The molecule has 0 amide bonds. The number of H-pyrrole nitrogens is 1. The molecule has 1 saturated heterocycles. The summed E-state index contributed by atoms with van der Waals surface area (Å²) in [7, 11) is -1.04. The molecule has 0 spiro atoms. The normalized spacial score (nSPS) is 22.0. The molecule has 1 aliphatic heterocycles. The third-order valence-electron chi connectivity index (χ3n) is 3.10. The highest BCUT2D eigenvalue weighted by Crippen LogP contribution is 2.15. The Morgan fingerprint density at radius 1 is 1.41 bits per heavy atom. The number of aromatic amines is 1. The standard InChI is InChI=1S/C12H15N3OS/c16-17(8-9-4-3-7-13-9)12-14-10-5-1-2-6-11(10)15-12/h1-2,5-6,9,13H,3-4,7-8H2,(H,14,15)/t9-,17+/m1/s1. The lowest BCUT2D eigenvalue weighted by Crippen LogP contribution is -2.27. The molecule has 0 saturated carbocycles. The number of nitrogens with zero attached hydrogens (tertiary/aromatic N) is 1. The first-order chi connectivity index (χ1) is 8.33. The van der Waals surface area contributed by atoms with Gasteiger partial charge in [0.05, 0.1) is 21.8 Å². The molecule has 2 N–H and O–H groups in total. The number of rotatable bonds is 3. The summed E-state index contributed by atoms with van der Waals surface area (Å²) < 4.78 is 12.1. The number of aromatic nitrogens is 2. The summed E-state index contributed by atoms with van der Waals surface area (Å²) in [5.41, 5.74) is 1.84. The van der Waals surface area contributed by atoms with Crippen molar-refractivity contribution in [2.75, 3.05) is 12.3 Å². The van der Waals surface area contributed by atoms with E-state index in [1.54, 1.807) is 0 Å². The van der Waals surface area contributed by atoms with Crippen molar-refractivity contribution < 1.29 is 4.21 Å².